The zero-order valence-electron chi connectivity index (χ0n) is 9.93. The Bertz CT molecular complexity index is 297. The number of benzene rings is 1. The van der Waals surface area contributed by atoms with Crippen LogP contribution >= 0.6 is 0 Å². The van der Waals surface area contributed by atoms with Crippen molar-refractivity contribution in [3.63, 3.8) is 0 Å². The van der Waals surface area contributed by atoms with Gasteiger partial charge in [0, 0.05) is 20.3 Å². The SMILES string of the molecule is CCOc1cccc(OCC(OC)OC)c1. The van der Waals surface area contributed by atoms with Crippen LogP contribution < -0.4 is 9.47 Å². The molecule has 0 heterocycles. The van der Waals surface area contributed by atoms with Crippen LogP contribution in [0.1, 0.15) is 6.92 Å². The highest BCUT2D eigenvalue weighted by atomic mass is 16.7. The first kappa shape index (κ1) is 12.8. The Morgan fingerprint density at radius 1 is 1.06 bits per heavy atom. The van der Waals surface area contributed by atoms with Crippen LogP contribution in [0.4, 0.5) is 0 Å². The van der Waals surface area contributed by atoms with Gasteiger partial charge in [-0.2, -0.15) is 0 Å². The molecule has 0 amide bonds. The summed E-state index contributed by atoms with van der Waals surface area (Å²) in [7, 11) is 3.16. The van der Waals surface area contributed by atoms with Gasteiger partial charge in [-0.25, -0.2) is 0 Å². The summed E-state index contributed by atoms with van der Waals surface area (Å²) in [6, 6.07) is 7.48. The van der Waals surface area contributed by atoms with E-state index in [4.69, 9.17) is 18.9 Å². The van der Waals surface area contributed by atoms with E-state index in [0.29, 0.717) is 13.2 Å². The molecule has 0 fully saturated rings. The molecule has 0 N–H and O–H groups in total. The van der Waals surface area contributed by atoms with Gasteiger partial charge >= 0.3 is 0 Å². The van der Waals surface area contributed by atoms with E-state index in [-0.39, 0.29) is 6.29 Å². The van der Waals surface area contributed by atoms with Crippen LogP contribution in [-0.2, 0) is 9.47 Å². The predicted octanol–water partition coefficient (Wildman–Crippen LogP) is 2.08. The van der Waals surface area contributed by atoms with Crippen LogP contribution in [0.25, 0.3) is 0 Å². The van der Waals surface area contributed by atoms with Crippen molar-refractivity contribution < 1.29 is 18.9 Å². The van der Waals surface area contributed by atoms with Crippen LogP contribution in [0.3, 0.4) is 0 Å². The van der Waals surface area contributed by atoms with Crippen molar-refractivity contribution in [1.29, 1.82) is 0 Å². The summed E-state index contributed by atoms with van der Waals surface area (Å²) >= 11 is 0. The van der Waals surface area contributed by atoms with Gasteiger partial charge in [-0.15, -0.1) is 0 Å². The van der Waals surface area contributed by atoms with E-state index in [1.165, 1.54) is 0 Å². The molecule has 0 unspecified atom stereocenters. The van der Waals surface area contributed by atoms with Crippen molar-refractivity contribution in [3.8, 4) is 11.5 Å². The minimum absolute atomic E-state index is 0.350. The predicted molar refractivity (Wildman–Crippen MR) is 60.9 cm³/mol. The highest BCUT2D eigenvalue weighted by molar-refractivity contribution is 5.32. The average molecular weight is 226 g/mol. The number of ether oxygens (including phenoxy) is 4. The third-order valence-corrected chi connectivity index (χ3v) is 2.03. The Hall–Kier alpha value is -1.26. The third-order valence-electron chi connectivity index (χ3n) is 2.03. The molecular formula is C12H18O4. The summed E-state index contributed by atoms with van der Waals surface area (Å²) in [5.74, 6) is 1.54. The van der Waals surface area contributed by atoms with Gasteiger partial charge in [0.05, 0.1) is 6.61 Å². The van der Waals surface area contributed by atoms with Crippen LogP contribution in [0.15, 0.2) is 24.3 Å². The molecule has 0 spiro atoms. The Morgan fingerprint density at radius 2 is 1.69 bits per heavy atom. The molecule has 0 radical (unpaired) electrons. The van der Waals surface area contributed by atoms with Crippen molar-refractivity contribution in [3.05, 3.63) is 24.3 Å². The molecule has 0 atom stereocenters. The number of hydrogen-bond acceptors (Lipinski definition) is 4. The monoisotopic (exact) mass is 226 g/mol. The summed E-state index contributed by atoms with van der Waals surface area (Å²) in [6.07, 6.45) is -0.351. The summed E-state index contributed by atoms with van der Waals surface area (Å²) in [6.45, 7) is 2.93. The number of methoxy groups -OCH3 is 2. The van der Waals surface area contributed by atoms with Crippen molar-refractivity contribution >= 4 is 0 Å². The molecule has 0 aliphatic carbocycles. The lowest BCUT2D eigenvalue weighted by atomic mass is 10.3. The fraction of sp³-hybridized carbons (Fsp3) is 0.500. The highest BCUT2D eigenvalue weighted by Gasteiger charge is 2.06. The molecule has 0 bridgehead atoms. The zero-order valence-corrected chi connectivity index (χ0v) is 9.93. The summed E-state index contributed by atoms with van der Waals surface area (Å²) in [5.41, 5.74) is 0. The van der Waals surface area contributed by atoms with Gasteiger partial charge in [0.25, 0.3) is 0 Å². The van der Waals surface area contributed by atoms with Gasteiger partial charge < -0.3 is 18.9 Å². The van der Waals surface area contributed by atoms with E-state index < -0.39 is 0 Å². The first-order valence-electron chi connectivity index (χ1n) is 5.21. The molecule has 0 aliphatic rings. The van der Waals surface area contributed by atoms with Gasteiger partial charge in [-0.3, -0.25) is 0 Å². The Labute approximate surface area is 96.1 Å². The van der Waals surface area contributed by atoms with Crippen molar-refractivity contribution in [2.45, 2.75) is 13.2 Å². The van der Waals surface area contributed by atoms with Crippen molar-refractivity contribution in [2.75, 3.05) is 27.4 Å². The van der Waals surface area contributed by atoms with Crippen LogP contribution in [0, 0.1) is 0 Å². The molecule has 90 valence electrons. The van der Waals surface area contributed by atoms with E-state index in [0.717, 1.165) is 11.5 Å². The second-order valence-electron chi connectivity index (χ2n) is 3.12. The average Bonchev–Trinajstić information content (AvgIpc) is 2.31. The topological polar surface area (TPSA) is 36.9 Å². The van der Waals surface area contributed by atoms with Gasteiger partial charge in [0.2, 0.25) is 0 Å². The normalized spacial score (nSPS) is 10.5. The molecule has 1 rings (SSSR count). The van der Waals surface area contributed by atoms with E-state index in [9.17, 15) is 0 Å². The summed E-state index contributed by atoms with van der Waals surface area (Å²) in [5, 5.41) is 0. The van der Waals surface area contributed by atoms with Gasteiger partial charge in [0.15, 0.2) is 6.29 Å². The Balaban J connectivity index is 2.49. The van der Waals surface area contributed by atoms with Crippen molar-refractivity contribution in [2.24, 2.45) is 0 Å². The fourth-order valence-electron chi connectivity index (χ4n) is 1.22. The zero-order chi connectivity index (χ0) is 11.8. The molecule has 0 saturated heterocycles. The van der Waals surface area contributed by atoms with Gasteiger partial charge in [-0.1, -0.05) is 6.07 Å². The largest absolute Gasteiger partial charge is 0.494 e. The first-order chi connectivity index (χ1) is 7.80. The fourth-order valence-corrected chi connectivity index (χ4v) is 1.22. The summed E-state index contributed by atoms with van der Waals surface area (Å²) in [4.78, 5) is 0. The van der Waals surface area contributed by atoms with Crippen LogP contribution in [0.2, 0.25) is 0 Å². The number of hydrogen-bond donors (Lipinski definition) is 0. The third kappa shape index (κ3) is 4.08. The number of rotatable bonds is 7. The quantitative estimate of drug-likeness (QED) is 0.667. The standard InChI is InChI=1S/C12H18O4/c1-4-15-10-6-5-7-11(8-10)16-9-12(13-2)14-3/h5-8,12H,4,9H2,1-3H3. The second kappa shape index (κ2) is 7.09. The maximum absolute atomic E-state index is 5.51. The molecule has 0 aliphatic heterocycles. The smallest absolute Gasteiger partial charge is 0.191 e. The van der Waals surface area contributed by atoms with Gasteiger partial charge in [-0.05, 0) is 19.1 Å². The molecule has 16 heavy (non-hydrogen) atoms. The molecule has 4 nitrogen and oxygen atoms in total. The minimum Gasteiger partial charge on any atom is -0.494 e. The van der Waals surface area contributed by atoms with E-state index in [2.05, 4.69) is 0 Å². The van der Waals surface area contributed by atoms with Crippen LogP contribution in [0.5, 0.6) is 11.5 Å². The highest BCUT2D eigenvalue weighted by Crippen LogP contribution is 2.19. The molecule has 4 heteroatoms. The molecular weight excluding hydrogens is 208 g/mol. The second-order valence-corrected chi connectivity index (χ2v) is 3.12. The minimum atomic E-state index is -0.351. The summed E-state index contributed by atoms with van der Waals surface area (Å²) < 4.78 is 20.9. The maximum Gasteiger partial charge on any atom is 0.191 e. The molecule has 0 aromatic heterocycles. The Kier molecular flexibility index (Phi) is 5.67. The van der Waals surface area contributed by atoms with Crippen molar-refractivity contribution in [1.82, 2.24) is 0 Å². The molecule has 1 aromatic carbocycles. The first-order valence-corrected chi connectivity index (χ1v) is 5.21. The van der Waals surface area contributed by atoms with Crippen LogP contribution in [-0.4, -0.2) is 33.7 Å². The van der Waals surface area contributed by atoms with Gasteiger partial charge in [0.1, 0.15) is 18.1 Å². The maximum atomic E-state index is 5.51. The van der Waals surface area contributed by atoms with E-state index in [1.54, 1.807) is 14.2 Å². The lowest BCUT2D eigenvalue weighted by molar-refractivity contribution is -0.121. The molecule has 0 saturated carbocycles. The lowest BCUT2D eigenvalue weighted by Gasteiger charge is -2.14. The van der Waals surface area contributed by atoms with E-state index >= 15 is 0 Å². The lowest BCUT2D eigenvalue weighted by Crippen LogP contribution is -2.21. The molecule has 1 aromatic rings. The Morgan fingerprint density at radius 3 is 2.25 bits per heavy atom. The van der Waals surface area contributed by atoms with E-state index in [1.807, 2.05) is 31.2 Å².